The Labute approximate surface area is 164 Å². The fourth-order valence-corrected chi connectivity index (χ4v) is 3.92. The number of halogens is 1. The summed E-state index contributed by atoms with van der Waals surface area (Å²) in [5.41, 5.74) is 0.788. The molecule has 0 unspecified atom stereocenters. The molecule has 1 aromatic heterocycles. The van der Waals surface area contributed by atoms with E-state index >= 15 is 0 Å². The molecule has 138 valence electrons. The van der Waals surface area contributed by atoms with Crippen molar-refractivity contribution < 1.29 is 9.53 Å². The van der Waals surface area contributed by atoms with Gasteiger partial charge >= 0.3 is 0 Å². The third-order valence-electron chi connectivity index (χ3n) is 4.31. The maximum absolute atomic E-state index is 12.2. The number of aromatic nitrogens is 3. The summed E-state index contributed by atoms with van der Waals surface area (Å²) in [4.78, 5) is 14.5. The van der Waals surface area contributed by atoms with Gasteiger partial charge in [-0.3, -0.25) is 9.36 Å². The van der Waals surface area contributed by atoms with E-state index in [1.807, 2.05) is 24.3 Å². The maximum Gasteiger partial charge on any atom is 0.234 e. The number of hydrogen-bond acceptors (Lipinski definition) is 6. The van der Waals surface area contributed by atoms with Gasteiger partial charge in [0.05, 0.1) is 19.0 Å². The lowest BCUT2D eigenvalue weighted by Crippen LogP contribution is -2.38. The lowest BCUT2D eigenvalue weighted by Gasteiger charge is -2.27. The van der Waals surface area contributed by atoms with Gasteiger partial charge in [-0.25, -0.2) is 0 Å². The van der Waals surface area contributed by atoms with Crippen molar-refractivity contribution in [2.24, 2.45) is 0 Å². The molecule has 2 aromatic rings. The number of rotatable bonds is 6. The minimum Gasteiger partial charge on any atom is -0.378 e. The summed E-state index contributed by atoms with van der Waals surface area (Å²) >= 11 is 4.83. The molecule has 1 saturated heterocycles. The fourth-order valence-electron chi connectivity index (χ4n) is 2.86. The van der Waals surface area contributed by atoms with Crippen LogP contribution >= 0.6 is 27.7 Å². The van der Waals surface area contributed by atoms with Gasteiger partial charge in [0.25, 0.3) is 0 Å². The Kier molecular flexibility index (Phi) is 5.46. The minimum absolute atomic E-state index is 0.0457. The highest BCUT2D eigenvalue weighted by Crippen LogP contribution is 2.41. The molecule has 1 amide bonds. The molecule has 9 heteroatoms. The molecule has 0 bridgehead atoms. The van der Waals surface area contributed by atoms with Crippen LogP contribution in [0.1, 0.15) is 18.9 Å². The molecule has 0 atom stereocenters. The number of carbonyl (C=O) groups is 1. The van der Waals surface area contributed by atoms with E-state index in [9.17, 15) is 4.79 Å². The number of nitrogens with one attached hydrogen (secondary N) is 1. The maximum atomic E-state index is 12.2. The van der Waals surface area contributed by atoms with Gasteiger partial charge < -0.3 is 15.0 Å². The van der Waals surface area contributed by atoms with Crippen LogP contribution in [0.5, 0.6) is 0 Å². The molecule has 0 spiro atoms. The van der Waals surface area contributed by atoms with Crippen molar-refractivity contribution in [1.82, 2.24) is 14.8 Å². The third kappa shape index (κ3) is 4.21. The number of anilines is 2. The number of hydrogen-bond donors (Lipinski definition) is 1. The summed E-state index contributed by atoms with van der Waals surface area (Å²) < 4.78 is 8.61. The lowest BCUT2D eigenvalue weighted by molar-refractivity contribution is -0.113. The summed E-state index contributed by atoms with van der Waals surface area (Å²) in [5, 5.41) is 12.5. The number of morpholine rings is 1. The van der Waals surface area contributed by atoms with Crippen LogP contribution in [0.15, 0.2) is 33.9 Å². The van der Waals surface area contributed by atoms with E-state index in [0.29, 0.717) is 11.8 Å². The van der Waals surface area contributed by atoms with Crippen molar-refractivity contribution in [3.05, 3.63) is 28.7 Å². The van der Waals surface area contributed by atoms with Gasteiger partial charge in [0, 0.05) is 29.3 Å². The Hall–Kier alpha value is -1.58. The van der Waals surface area contributed by atoms with Crippen molar-refractivity contribution in [1.29, 1.82) is 0 Å². The molecule has 26 heavy (non-hydrogen) atoms. The van der Waals surface area contributed by atoms with E-state index in [-0.39, 0.29) is 5.91 Å². The zero-order valence-corrected chi connectivity index (χ0v) is 16.6. The zero-order chi connectivity index (χ0) is 17.9. The highest BCUT2D eigenvalue weighted by atomic mass is 79.9. The highest BCUT2D eigenvalue weighted by Gasteiger charge is 2.32. The standard InChI is InChI=1S/C17H20BrN5O2S/c18-12-1-3-13(4-2-12)19-15(24)11-26-17-21-20-16(23(17)14-5-6-14)22-7-9-25-10-8-22/h1-4,14H,5-11H2,(H,19,24). The van der Waals surface area contributed by atoms with Gasteiger partial charge in [0.15, 0.2) is 5.16 Å². The third-order valence-corrected chi connectivity index (χ3v) is 5.78. The molecular formula is C17H20BrN5O2S. The summed E-state index contributed by atoms with van der Waals surface area (Å²) in [6, 6.07) is 8.01. The number of thioether (sulfide) groups is 1. The summed E-state index contributed by atoms with van der Waals surface area (Å²) in [7, 11) is 0. The fraction of sp³-hybridized carbons (Fsp3) is 0.471. The molecular weight excluding hydrogens is 418 g/mol. The molecule has 1 aromatic carbocycles. The van der Waals surface area contributed by atoms with Gasteiger partial charge in [-0.1, -0.05) is 27.7 Å². The molecule has 0 radical (unpaired) electrons. The first kappa shape index (κ1) is 17.8. The number of carbonyl (C=O) groups excluding carboxylic acids is 1. The predicted molar refractivity (Wildman–Crippen MR) is 105 cm³/mol. The van der Waals surface area contributed by atoms with Crippen molar-refractivity contribution in [2.75, 3.05) is 42.3 Å². The van der Waals surface area contributed by atoms with E-state index in [2.05, 4.69) is 40.9 Å². The first-order chi connectivity index (χ1) is 12.7. The number of nitrogens with zero attached hydrogens (tertiary/aromatic N) is 4. The molecule has 7 nitrogen and oxygen atoms in total. The van der Waals surface area contributed by atoms with E-state index in [1.165, 1.54) is 11.8 Å². The molecule has 1 aliphatic heterocycles. The minimum atomic E-state index is -0.0457. The van der Waals surface area contributed by atoms with Crippen molar-refractivity contribution in [2.45, 2.75) is 24.0 Å². The second kappa shape index (κ2) is 7.98. The van der Waals surface area contributed by atoms with Crippen LogP contribution in [0.2, 0.25) is 0 Å². The molecule has 2 aliphatic rings. The van der Waals surface area contributed by atoms with Crippen LogP contribution in [-0.2, 0) is 9.53 Å². The monoisotopic (exact) mass is 437 g/mol. The Balaban J connectivity index is 1.40. The van der Waals surface area contributed by atoms with Gasteiger partial charge in [0.2, 0.25) is 11.9 Å². The topological polar surface area (TPSA) is 72.3 Å². The van der Waals surface area contributed by atoms with Crippen LogP contribution in [-0.4, -0.2) is 52.7 Å². The van der Waals surface area contributed by atoms with Crippen LogP contribution in [0, 0.1) is 0 Å². The first-order valence-corrected chi connectivity index (χ1v) is 10.4. The van der Waals surface area contributed by atoms with Gasteiger partial charge in [-0.2, -0.15) is 0 Å². The van der Waals surface area contributed by atoms with E-state index in [0.717, 1.165) is 60.4 Å². The van der Waals surface area contributed by atoms with Crippen LogP contribution in [0.25, 0.3) is 0 Å². The summed E-state index contributed by atoms with van der Waals surface area (Å²) in [6.45, 7) is 3.10. The molecule has 1 N–H and O–H groups in total. The SMILES string of the molecule is O=C(CSc1nnc(N2CCOCC2)n1C1CC1)Nc1ccc(Br)cc1. The Morgan fingerprint density at radius 3 is 2.65 bits per heavy atom. The molecule has 4 rings (SSSR count). The number of benzene rings is 1. The second-order valence-corrected chi connectivity index (χ2v) is 8.19. The van der Waals surface area contributed by atoms with Crippen LogP contribution in [0.3, 0.4) is 0 Å². The quantitative estimate of drug-likeness (QED) is 0.700. The smallest absolute Gasteiger partial charge is 0.234 e. The van der Waals surface area contributed by atoms with E-state index in [1.54, 1.807) is 0 Å². The largest absolute Gasteiger partial charge is 0.378 e. The van der Waals surface area contributed by atoms with Crippen LogP contribution in [0.4, 0.5) is 11.6 Å². The second-order valence-electron chi connectivity index (χ2n) is 6.33. The summed E-state index contributed by atoms with van der Waals surface area (Å²) in [5.74, 6) is 1.17. The highest BCUT2D eigenvalue weighted by molar-refractivity contribution is 9.10. The molecule has 1 aliphatic carbocycles. The molecule has 2 heterocycles. The van der Waals surface area contributed by atoms with E-state index < -0.39 is 0 Å². The predicted octanol–water partition coefficient (Wildman–Crippen LogP) is 2.94. The normalized spacial score (nSPS) is 17.3. The molecule has 1 saturated carbocycles. The Bertz CT molecular complexity index is 772. The van der Waals surface area contributed by atoms with Crippen molar-refractivity contribution in [3.8, 4) is 0 Å². The van der Waals surface area contributed by atoms with Gasteiger partial charge in [-0.15, -0.1) is 10.2 Å². The van der Waals surface area contributed by atoms with Crippen molar-refractivity contribution in [3.63, 3.8) is 0 Å². The number of amides is 1. The average Bonchev–Trinajstić information content (AvgIpc) is 3.41. The van der Waals surface area contributed by atoms with E-state index in [4.69, 9.17) is 4.74 Å². The Morgan fingerprint density at radius 1 is 1.23 bits per heavy atom. The Morgan fingerprint density at radius 2 is 1.96 bits per heavy atom. The number of ether oxygens (including phenoxy) is 1. The lowest BCUT2D eigenvalue weighted by atomic mass is 10.3. The van der Waals surface area contributed by atoms with Crippen LogP contribution < -0.4 is 10.2 Å². The van der Waals surface area contributed by atoms with Gasteiger partial charge in [0.1, 0.15) is 0 Å². The van der Waals surface area contributed by atoms with Gasteiger partial charge in [-0.05, 0) is 37.1 Å². The van der Waals surface area contributed by atoms with Crippen molar-refractivity contribution >= 4 is 45.2 Å². The molecule has 2 fully saturated rings. The average molecular weight is 438 g/mol. The first-order valence-electron chi connectivity index (χ1n) is 8.66. The zero-order valence-electron chi connectivity index (χ0n) is 14.2. The summed E-state index contributed by atoms with van der Waals surface area (Å²) in [6.07, 6.45) is 2.29.